The van der Waals surface area contributed by atoms with Crippen LogP contribution in [-0.4, -0.2) is 11.9 Å². The summed E-state index contributed by atoms with van der Waals surface area (Å²) in [4.78, 5) is 12.5. The van der Waals surface area contributed by atoms with Crippen molar-refractivity contribution in [2.24, 2.45) is 5.92 Å². The molecule has 5 heteroatoms. The molecular formula is C24H25ClN2O2. The fourth-order valence-corrected chi connectivity index (χ4v) is 3.72. The van der Waals surface area contributed by atoms with Crippen LogP contribution in [0.25, 0.3) is 6.08 Å². The molecular weight excluding hydrogens is 384 g/mol. The van der Waals surface area contributed by atoms with Gasteiger partial charge in [0.25, 0.3) is 5.91 Å². The Morgan fingerprint density at radius 1 is 1.21 bits per heavy atom. The predicted molar refractivity (Wildman–Crippen MR) is 115 cm³/mol. The molecule has 1 aliphatic rings. The zero-order valence-electron chi connectivity index (χ0n) is 16.5. The normalized spacial score (nSPS) is 19.3. The number of hydrogen-bond donors (Lipinski definition) is 1. The lowest BCUT2D eigenvalue weighted by molar-refractivity contribution is -0.118. The van der Waals surface area contributed by atoms with Gasteiger partial charge in [0.1, 0.15) is 24.0 Å². The number of nitrogens with zero attached hydrogens (tertiary/aromatic N) is 1. The van der Waals surface area contributed by atoms with Gasteiger partial charge in [-0.2, -0.15) is 5.26 Å². The summed E-state index contributed by atoms with van der Waals surface area (Å²) in [5, 5.41) is 13.1. The molecule has 1 aliphatic carbocycles. The second-order valence-electron chi connectivity index (χ2n) is 7.46. The summed E-state index contributed by atoms with van der Waals surface area (Å²) in [7, 11) is 0. The minimum absolute atomic E-state index is 0.118. The Hall–Kier alpha value is -2.77. The SMILES string of the molecule is C[C@@H]1CCCC[C@@H]1NC(=O)/C(C#N)=C/c1ccc(OCc2ccccc2Cl)cc1. The Labute approximate surface area is 177 Å². The van der Waals surface area contributed by atoms with E-state index in [1.165, 1.54) is 6.42 Å². The molecule has 0 unspecified atom stereocenters. The molecule has 0 saturated heterocycles. The van der Waals surface area contributed by atoms with Gasteiger partial charge in [-0.15, -0.1) is 0 Å². The Kier molecular flexibility index (Phi) is 7.32. The fraction of sp³-hybridized carbons (Fsp3) is 0.333. The van der Waals surface area contributed by atoms with Crippen molar-refractivity contribution in [3.05, 3.63) is 70.3 Å². The van der Waals surface area contributed by atoms with Gasteiger partial charge in [0.05, 0.1) is 0 Å². The number of benzene rings is 2. The van der Waals surface area contributed by atoms with Crippen molar-refractivity contribution in [3.8, 4) is 11.8 Å². The Balaban J connectivity index is 1.61. The summed E-state index contributed by atoms with van der Waals surface area (Å²) in [6.45, 7) is 2.53. The number of nitriles is 1. The lowest BCUT2D eigenvalue weighted by atomic mass is 9.86. The number of nitrogens with one attached hydrogen (secondary N) is 1. The van der Waals surface area contributed by atoms with E-state index in [0.717, 1.165) is 30.4 Å². The number of rotatable bonds is 6. The lowest BCUT2D eigenvalue weighted by Gasteiger charge is -2.29. The van der Waals surface area contributed by atoms with E-state index in [0.29, 0.717) is 23.3 Å². The smallest absolute Gasteiger partial charge is 0.262 e. The van der Waals surface area contributed by atoms with E-state index < -0.39 is 0 Å². The van der Waals surface area contributed by atoms with Crippen LogP contribution in [0, 0.1) is 17.2 Å². The van der Waals surface area contributed by atoms with E-state index in [1.807, 2.05) is 54.6 Å². The van der Waals surface area contributed by atoms with Gasteiger partial charge < -0.3 is 10.1 Å². The van der Waals surface area contributed by atoms with E-state index in [-0.39, 0.29) is 17.5 Å². The maximum Gasteiger partial charge on any atom is 0.262 e. The quantitative estimate of drug-likeness (QED) is 0.505. The number of ether oxygens (including phenoxy) is 1. The zero-order chi connectivity index (χ0) is 20.6. The fourth-order valence-electron chi connectivity index (χ4n) is 3.53. The van der Waals surface area contributed by atoms with Crippen molar-refractivity contribution in [3.63, 3.8) is 0 Å². The highest BCUT2D eigenvalue weighted by Gasteiger charge is 2.24. The first-order chi connectivity index (χ1) is 14.1. The maximum absolute atomic E-state index is 12.5. The molecule has 4 nitrogen and oxygen atoms in total. The molecule has 3 rings (SSSR count). The highest BCUT2D eigenvalue weighted by Crippen LogP contribution is 2.24. The summed E-state index contributed by atoms with van der Waals surface area (Å²) < 4.78 is 5.77. The molecule has 2 aromatic rings. The Morgan fingerprint density at radius 2 is 1.93 bits per heavy atom. The predicted octanol–water partition coefficient (Wildman–Crippen LogP) is 5.52. The minimum atomic E-state index is -0.301. The van der Waals surface area contributed by atoms with Crippen molar-refractivity contribution in [1.82, 2.24) is 5.32 Å². The monoisotopic (exact) mass is 408 g/mol. The minimum Gasteiger partial charge on any atom is -0.489 e. The average molecular weight is 409 g/mol. The Bertz CT molecular complexity index is 915. The van der Waals surface area contributed by atoms with Crippen LogP contribution in [0.2, 0.25) is 5.02 Å². The zero-order valence-corrected chi connectivity index (χ0v) is 17.3. The van der Waals surface area contributed by atoms with Crippen molar-refractivity contribution in [2.75, 3.05) is 0 Å². The standard InChI is InChI=1S/C24H25ClN2O2/c1-17-6-2-5-9-23(17)27-24(28)20(15-26)14-18-10-12-21(13-11-18)29-16-19-7-3-4-8-22(19)25/h3-4,7-8,10-14,17,23H,2,5-6,9,16H2,1H3,(H,27,28)/b20-14+/t17-,23+/m1/s1. The summed E-state index contributed by atoms with van der Waals surface area (Å²) in [6.07, 6.45) is 6.03. The number of carbonyl (C=O) groups excluding carboxylic acids is 1. The number of hydrogen-bond acceptors (Lipinski definition) is 3. The van der Waals surface area contributed by atoms with Crippen LogP contribution < -0.4 is 10.1 Å². The van der Waals surface area contributed by atoms with Gasteiger partial charge in [-0.1, -0.05) is 61.7 Å². The molecule has 0 spiro atoms. The third-order valence-corrected chi connectivity index (χ3v) is 5.71. The van der Waals surface area contributed by atoms with Gasteiger partial charge in [0.15, 0.2) is 0 Å². The summed E-state index contributed by atoms with van der Waals surface area (Å²) in [5.74, 6) is 0.841. The van der Waals surface area contributed by atoms with Crippen LogP contribution in [0.5, 0.6) is 5.75 Å². The molecule has 150 valence electrons. The molecule has 0 aromatic heterocycles. The van der Waals surface area contributed by atoms with E-state index in [2.05, 4.69) is 12.2 Å². The molecule has 1 N–H and O–H groups in total. The third-order valence-electron chi connectivity index (χ3n) is 5.34. The molecule has 0 bridgehead atoms. The molecule has 0 aliphatic heterocycles. The van der Waals surface area contributed by atoms with E-state index in [1.54, 1.807) is 6.08 Å². The van der Waals surface area contributed by atoms with Crippen molar-refractivity contribution in [1.29, 1.82) is 5.26 Å². The van der Waals surface area contributed by atoms with Crippen molar-refractivity contribution >= 4 is 23.6 Å². The first kappa shape index (κ1) is 21.0. The highest BCUT2D eigenvalue weighted by atomic mass is 35.5. The molecule has 1 fully saturated rings. The van der Waals surface area contributed by atoms with Crippen LogP contribution in [-0.2, 0) is 11.4 Å². The first-order valence-electron chi connectivity index (χ1n) is 9.95. The van der Waals surface area contributed by atoms with E-state index >= 15 is 0 Å². The van der Waals surface area contributed by atoms with Gasteiger partial charge in [-0.3, -0.25) is 4.79 Å². The molecule has 2 atom stereocenters. The second-order valence-corrected chi connectivity index (χ2v) is 7.87. The summed E-state index contributed by atoms with van der Waals surface area (Å²) in [5.41, 5.74) is 1.81. The van der Waals surface area contributed by atoms with Crippen molar-refractivity contribution in [2.45, 2.75) is 45.3 Å². The molecule has 0 heterocycles. The van der Waals surface area contributed by atoms with Crippen LogP contribution >= 0.6 is 11.6 Å². The Morgan fingerprint density at radius 3 is 2.62 bits per heavy atom. The van der Waals surface area contributed by atoms with Gasteiger partial charge in [-0.05, 0) is 48.6 Å². The number of carbonyl (C=O) groups is 1. The molecule has 2 aromatic carbocycles. The molecule has 1 saturated carbocycles. The number of amides is 1. The number of halogens is 1. The maximum atomic E-state index is 12.5. The summed E-state index contributed by atoms with van der Waals surface area (Å²) in [6, 6.07) is 17.0. The second kappa shape index (κ2) is 10.1. The largest absolute Gasteiger partial charge is 0.489 e. The van der Waals surface area contributed by atoms with Crippen LogP contribution in [0.3, 0.4) is 0 Å². The van der Waals surface area contributed by atoms with E-state index in [4.69, 9.17) is 16.3 Å². The van der Waals surface area contributed by atoms with Gasteiger partial charge in [-0.25, -0.2) is 0 Å². The van der Waals surface area contributed by atoms with Crippen LogP contribution in [0.15, 0.2) is 54.1 Å². The van der Waals surface area contributed by atoms with Gasteiger partial charge >= 0.3 is 0 Å². The van der Waals surface area contributed by atoms with Crippen molar-refractivity contribution < 1.29 is 9.53 Å². The lowest BCUT2D eigenvalue weighted by Crippen LogP contribution is -2.41. The topological polar surface area (TPSA) is 62.1 Å². The highest BCUT2D eigenvalue weighted by molar-refractivity contribution is 6.31. The molecule has 0 radical (unpaired) electrons. The average Bonchev–Trinajstić information content (AvgIpc) is 2.74. The molecule has 1 amide bonds. The third kappa shape index (κ3) is 5.85. The van der Waals surface area contributed by atoms with Crippen LogP contribution in [0.4, 0.5) is 0 Å². The van der Waals surface area contributed by atoms with E-state index in [9.17, 15) is 10.1 Å². The molecule has 29 heavy (non-hydrogen) atoms. The van der Waals surface area contributed by atoms with Gasteiger partial charge in [0, 0.05) is 16.6 Å². The van der Waals surface area contributed by atoms with Crippen LogP contribution in [0.1, 0.15) is 43.7 Å². The first-order valence-corrected chi connectivity index (χ1v) is 10.3. The van der Waals surface area contributed by atoms with Gasteiger partial charge in [0.2, 0.25) is 0 Å². The summed E-state index contributed by atoms with van der Waals surface area (Å²) >= 11 is 6.14.